The van der Waals surface area contributed by atoms with E-state index in [-0.39, 0.29) is 0 Å². The van der Waals surface area contributed by atoms with Crippen LogP contribution >= 0.6 is 22.6 Å². The summed E-state index contributed by atoms with van der Waals surface area (Å²) in [4.78, 5) is 8.41. The van der Waals surface area contributed by atoms with Gasteiger partial charge in [0.15, 0.2) is 5.65 Å². The monoisotopic (exact) mass is 259 g/mol. The molecule has 2 aromatic heterocycles. The molecule has 11 heavy (non-hydrogen) atoms. The maximum Gasteiger partial charge on any atom is 0.159 e. The Bertz CT molecular complexity index is 393. The van der Waals surface area contributed by atoms with Gasteiger partial charge in [0, 0.05) is 16.8 Å². The zero-order valence-corrected chi connectivity index (χ0v) is 8.11. The molecule has 0 unspecified atom stereocenters. The van der Waals surface area contributed by atoms with E-state index < -0.39 is 0 Å². The highest BCUT2D eigenvalue weighted by Crippen LogP contribution is 2.11. The van der Waals surface area contributed by atoms with Gasteiger partial charge < -0.3 is 4.57 Å². The molecule has 0 aliphatic heterocycles. The van der Waals surface area contributed by atoms with Crippen molar-refractivity contribution >= 4 is 33.8 Å². The predicted molar refractivity (Wildman–Crippen MR) is 51.2 cm³/mol. The summed E-state index contributed by atoms with van der Waals surface area (Å²) in [6, 6.07) is 2.02. The molecule has 0 aliphatic carbocycles. The van der Waals surface area contributed by atoms with Crippen LogP contribution in [0, 0.1) is 3.57 Å². The number of halogens is 1. The van der Waals surface area contributed by atoms with Crippen LogP contribution in [0.25, 0.3) is 11.2 Å². The fourth-order valence-electron chi connectivity index (χ4n) is 0.992. The zero-order valence-electron chi connectivity index (χ0n) is 5.95. The third kappa shape index (κ3) is 1.11. The number of hydrogen-bond donors (Lipinski definition) is 0. The van der Waals surface area contributed by atoms with Crippen LogP contribution in [0.2, 0.25) is 0 Å². The molecule has 0 radical (unpaired) electrons. The molecule has 0 saturated carbocycles. The van der Waals surface area contributed by atoms with Crippen molar-refractivity contribution in [1.29, 1.82) is 0 Å². The molecule has 0 N–H and O–H groups in total. The molecule has 0 saturated heterocycles. The maximum atomic E-state index is 4.23. The van der Waals surface area contributed by atoms with Crippen molar-refractivity contribution in [3.8, 4) is 0 Å². The van der Waals surface area contributed by atoms with Crippen molar-refractivity contribution < 1.29 is 0 Å². The topological polar surface area (TPSA) is 30.7 Å². The van der Waals surface area contributed by atoms with Gasteiger partial charge in [-0.25, -0.2) is 9.97 Å². The lowest BCUT2D eigenvalue weighted by molar-refractivity contribution is 0.930. The maximum absolute atomic E-state index is 4.23. The summed E-state index contributed by atoms with van der Waals surface area (Å²) in [6.07, 6.45) is 3.61. The van der Waals surface area contributed by atoms with Gasteiger partial charge in [0.1, 0.15) is 5.52 Å². The van der Waals surface area contributed by atoms with Crippen molar-refractivity contribution in [2.45, 2.75) is 0 Å². The molecule has 0 bridgehead atoms. The van der Waals surface area contributed by atoms with Crippen molar-refractivity contribution in [3.05, 3.63) is 22.2 Å². The van der Waals surface area contributed by atoms with E-state index in [4.69, 9.17) is 0 Å². The summed E-state index contributed by atoms with van der Waals surface area (Å²) >= 11 is 2.23. The fourth-order valence-corrected chi connectivity index (χ4v) is 1.43. The third-order valence-corrected chi connectivity index (χ3v) is 2.11. The quantitative estimate of drug-likeness (QED) is 0.672. The van der Waals surface area contributed by atoms with Gasteiger partial charge in [-0.2, -0.15) is 0 Å². The molecular weight excluding hydrogens is 253 g/mol. The smallest absolute Gasteiger partial charge is 0.159 e. The highest BCUT2D eigenvalue weighted by molar-refractivity contribution is 14.1. The second-order valence-electron chi connectivity index (χ2n) is 2.35. The lowest BCUT2D eigenvalue weighted by atomic mass is 10.4. The van der Waals surface area contributed by atoms with Crippen molar-refractivity contribution in [1.82, 2.24) is 14.5 Å². The normalized spacial score (nSPS) is 10.7. The van der Waals surface area contributed by atoms with Crippen LogP contribution in [0.4, 0.5) is 0 Å². The minimum atomic E-state index is 0.936. The molecule has 0 aliphatic rings. The number of nitrogens with zero attached hydrogens (tertiary/aromatic N) is 3. The van der Waals surface area contributed by atoms with Crippen LogP contribution in [0.1, 0.15) is 0 Å². The van der Waals surface area contributed by atoms with E-state index in [1.165, 1.54) is 0 Å². The first-order chi connectivity index (χ1) is 5.27. The SMILES string of the molecule is Cn1cnc2cc(I)cnc21. The van der Waals surface area contributed by atoms with Gasteiger partial charge in [-0.3, -0.25) is 0 Å². The van der Waals surface area contributed by atoms with E-state index in [1.807, 2.05) is 23.9 Å². The van der Waals surface area contributed by atoms with Gasteiger partial charge in [0.25, 0.3) is 0 Å². The van der Waals surface area contributed by atoms with Gasteiger partial charge in [-0.1, -0.05) is 0 Å². The number of imidazole rings is 1. The Morgan fingerprint density at radius 1 is 1.45 bits per heavy atom. The molecule has 2 aromatic rings. The van der Waals surface area contributed by atoms with E-state index in [0.29, 0.717) is 0 Å². The Labute approximate surface area is 77.6 Å². The van der Waals surface area contributed by atoms with Crippen LogP contribution in [-0.2, 0) is 7.05 Å². The Hall–Kier alpha value is -0.650. The number of hydrogen-bond acceptors (Lipinski definition) is 2. The van der Waals surface area contributed by atoms with E-state index in [0.717, 1.165) is 14.7 Å². The van der Waals surface area contributed by atoms with Crippen LogP contribution in [0.3, 0.4) is 0 Å². The second-order valence-corrected chi connectivity index (χ2v) is 3.60. The highest BCUT2D eigenvalue weighted by atomic mass is 127. The Morgan fingerprint density at radius 2 is 2.27 bits per heavy atom. The van der Waals surface area contributed by atoms with E-state index in [2.05, 4.69) is 32.6 Å². The first-order valence-electron chi connectivity index (χ1n) is 3.20. The number of pyridine rings is 1. The predicted octanol–water partition coefficient (Wildman–Crippen LogP) is 1.57. The Morgan fingerprint density at radius 3 is 3.09 bits per heavy atom. The van der Waals surface area contributed by atoms with Crippen molar-refractivity contribution in [2.24, 2.45) is 7.05 Å². The molecule has 0 fully saturated rings. The molecule has 0 aromatic carbocycles. The van der Waals surface area contributed by atoms with Gasteiger partial charge in [-0.15, -0.1) is 0 Å². The van der Waals surface area contributed by atoms with E-state index in [9.17, 15) is 0 Å². The molecule has 0 atom stereocenters. The fraction of sp³-hybridized carbons (Fsp3) is 0.143. The van der Waals surface area contributed by atoms with Crippen LogP contribution in [0.15, 0.2) is 18.6 Å². The highest BCUT2D eigenvalue weighted by Gasteiger charge is 1.99. The molecule has 3 nitrogen and oxygen atoms in total. The summed E-state index contributed by atoms with van der Waals surface area (Å²) in [5.41, 5.74) is 1.89. The Balaban J connectivity index is 2.86. The van der Waals surface area contributed by atoms with Crippen LogP contribution in [0.5, 0.6) is 0 Å². The van der Waals surface area contributed by atoms with Gasteiger partial charge in [-0.05, 0) is 28.7 Å². The van der Waals surface area contributed by atoms with Gasteiger partial charge >= 0.3 is 0 Å². The third-order valence-electron chi connectivity index (χ3n) is 1.52. The summed E-state index contributed by atoms with van der Waals surface area (Å²) < 4.78 is 3.03. The van der Waals surface area contributed by atoms with Crippen molar-refractivity contribution in [2.75, 3.05) is 0 Å². The first kappa shape index (κ1) is 7.02. The van der Waals surface area contributed by atoms with Crippen LogP contribution < -0.4 is 0 Å². The molecule has 0 spiro atoms. The number of aromatic nitrogens is 3. The lowest BCUT2D eigenvalue weighted by Gasteiger charge is -1.91. The second kappa shape index (κ2) is 2.44. The minimum absolute atomic E-state index is 0.936. The first-order valence-corrected chi connectivity index (χ1v) is 4.28. The van der Waals surface area contributed by atoms with Crippen molar-refractivity contribution in [3.63, 3.8) is 0 Å². The summed E-state index contributed by atoms with van der Waals surface area (Å²) in [6.45, 7) is 0. The molecule has 2 heterocycles. The summed E-state index contributed by atoms with van der Waals surface area (Å²) in [5.74, 6) is 0. The average Bonchev–Trinajstić information content (AvgIpc) is 2.32. The standard InChI is InChI=1S/C7H6IN3/c1-11-4-10-6-2-5(8)3-9-7(6)11/h2-4H,1H3. The molecular formula is C7H6IN3. The molecule has 4 heteroatoms. The largest absolute Gasteiger partial charge is 0.318 e. The molecule has 2 rings (SSSR count). The average molecular weight is 259 g/mol. The molecule has 0 amide bonds. The van der Waals surface area contributed by atoms with E-state index in [1.54, 1.807) is 6.33 Å². The number of aryl methyl sites for hydroxylation is 1. The zero-order chi connectivity index (χ0) is 7.84. The summed E-state index contributed by atoms with van der Waals surface area (Å²) in [5, 5.41) is 0. The molecule has 56 valence electrons. The lowest BCUT2D eigenvalue weighted by Crippen LogP contribution is -1.87. The van der Waals surface area contributed by atoms with Gasteiger partial charge in [0.05, 0.1) is 6.33 Å². The van der Waals surface area contributed by atoms with Gasteiger partial charge in [0.2, 0.25) is 0 Å². The summed E-state index contributed by atoms with van der Waals surface area (Å²) in [7, 11) is 1.94. The number of fused-ring (bicyclic) bond motifs is 1. The van der Waals surface area contributed by atoms with E-state index >= 15 is 0 Å². The van der Waals surface area contributed by atoms with Crippen LogP contribution in [-0.4, -0.2) is 14.5 Å². The Kier molecular flexibility index (Phi) is 1.56. The number of rotatable bonds is 0. The minimum Gasteiger partial charge on any atom is -0.318 e.